The quantitative estimate of drug-likeness (QED) is 0.435. The van der Waals surface area contributed by atoms with Gasteiger partial charge in [0, 0.05) is 31.4 Å². The number of anilines is 1. The number of hydrogen-bond donors (Lipinski definition) is 3. The lowest BCUT2D eigenvalue weighted by Crippen LogP contribution is -2.58. The summed E-state index contributed by atoms with van der Waals surface area (Å²) in [6.45, 7) is 5.52. The number of aliphatic hydroxyl groups excluding tert-OH is 1. The van der Waals surface area contributed by atoms with Gasteiger partial charge in [-0.25, -0.2) is 4.79 Å². The number of carbonyl (C=O) groups excluding carboxylic acids is 2. The fourth-order valence-electron chi connectivity index (χ4n) is 5.10. The van der Waals surface area contributed by atoms with Crippen molar-refractivity contribution in [1.29, 1.82) is 0 Å². The minimum Gasteiger partial charge on any atom is -0.497 e. The Hall–Kier alpha value is -2.44. The first-order valence-electron chi connectivity index (χ1n) is 13.2. The van der Waals surface area contributed by atoms with E-state index in [0.717, 1.165) is 39.3 Å². The molecule has 3 N–H and O–H groups in total. The number of ether oxygens (including phenoxy) is 4. The summed E-state index contributed by atoms with van der Waals surface area (Å²) in [6.07, 6.45) is 1.06. The van der Waals surface area contributed by atoms with Gasteiger partial charge >= 0.3 is 6.03 Å². The van der Waals surface area contributed by atoms with E-state index < -0.39 is 6.10 Å². The number of hydrogen-bond acceptors (Lipinski definition) is 8. The Morgan fingerprint density at radius 2 is 2.00 bits per heavy atom. The van der Waals surface area contributed by atoms with E-state index >= 15 is 0 Å². The number of rotatable bonds is 8. The number of methoxy groups -OCH3 is 1. The molecule has 3 aliphatic rings. The summed E-state index contributed by atoms with van der Waals surface area (Å²) in [5.74, 6) is 0.611. The minimum atomic E-state index is -0.794. The topological polar surface area (TPSA) is 122 Å². The summed E-state index contributed by atoms with van der Waals surface area (Å²) in [5, 5.41) is 16.3. The number of benzene rings is 1. The van der Waals surface area contributed by atoms with Gasteiger partial charge < -0.3 is 39.6 Å². The molecular formula is C26H40N4O7. The Morgan fingerprint density at radius 3 is 2.81 bits per heavy atom. The molecule has 0 aliphatic carbocycles. The van der Waals surface area contributed by atoms with Gasteiger partial charge in [-0.1, -0.05) is 6.07 Å². The van der Waals surface area contributed by atoms with Gasteiger partial charge in [-0.3, -0.25) is 9.69 Å². The second-order valence-corrected chi connectivity index (χ2v) is 9.81. The Morgan fingerprint density at radius 1 is 1.16 bits per heavy atom. The summed E-state index contributed by atoms with van der Waals surface area (Å²) in [6, 6.07) is 6.55. The van der Waals surface area contributed by atoms with Crippen LogP contribution in [0.5, 0.6) is 5.75 Å². The molecule has 3 heterocycles. The Bertz CT molecular complexity index is 882. The molecule has 11 heteroatoms. The van der Waals surface area contributed by atoms with E-state index in [9.17, 15) is 14.7 Å². The van der Waals surface area contributed by atoms with Crippen LogP contribution < -0.4 is 15.4 Å². The van der Waals surface area contributed by atoms with Crippen LogP contribution in [0.4, 0.5) is 10.5 Å². The third kappa shape index (κ3) is 8.27. The van der Waals surface area contributed by atoms with Crippen molar-refractivity contribution in [2.45, 2.75) is 50.0 Å². The number of nitrogens with one attached hydrogen (secondary N) is 2. The lowest BCUT2D eigenvalue weighted by atomic mass is 9.95. The summed E-state index contributed by atoms with van der Waals surface area (Å²) in [5.41, 5.74) is 0.605. The third-order valence-electron chi connectivity index (χ3n) is 7.05. The van der Waals surface area contributed by atoms with Gasteiger partial charge in [0.2, 0.25) is 5.91 Å². The lowest BCUT2D eigenvalue weighted by Gasteiger charge is -2.44. The molecule has 11 nitrogen and oxygen atoms in total. The van der Waals surface area contributed by atoms with Crippen LogP contribution in [0.15, 0.2) is 24.3 Å². The Kier molecular flexibility index (Phi) is 10.4. The molecule has 0 unspecified atom stereocenters. The van der Waals surface area contributed by atoms with Crippen molar-refractivity contribution < 1.29 is 33.6 Å². The maximum atomic E-state index is 13.2. The van der Waals surface area contributed by atoms with E-state index in [1.54, 1.807) is 36.3 Å². The predicted octanol–water partition coefficient (Wildman–Crippen LogP) is 1.07. The molecule has 1 aromatic rings. The first-order valence-corrected chi connectivity index (χ1v) is 13.2. The molecule has 0 radical (unpaired) electrons. The van der Waals surface area contributed by atoms with Crippen LogP contribution in [0.1, 0.15) is 25.7 Å². The first kappa shape index (κ1) is 27.6. The zero-order valence-corrected chi connectivity index (χ0v) is 21.6. The predicted molar refractivity (Wildman–Crippen MR) is 137 cm³/mol. The summed E-state index contributed by atoms with van der Waals surface area (Å²) < 4.78 is 22.5. The largest absolute Gasteiger partial charge is 0.497 e. The van der Waals surface area contributed by atoms with Gasteiger partial charge in [0.15, 0.2) is 0 Å². The van der Waals surface area contributed by atoms with Gasteiger partial charge in [-0.05, 0) is 37.9 Å². The Labute approximate surface area is 218 Å². The number of fused-ring (bicyclic) bond motifs is 1. The molecule has 3 amide bonds. The maximum absolute atomic E-state index is 13.2. The number of morpholine rings is 1. The highest BCUT2D eigenvalue weighted by molar-refractivity contribution is 5.89. The second-order valence-electron chi connectivity index (χ2n) is 9.81. The molecule has 4 atom stereocenters. The summed E-state index contributed by atoms with van der Waals surface area (Å²) >= 11 is 0. The SMILES string of the molecule is COc1cccc(NC(=O)N2C[C@@H](O)COC[C@@H]3O[C@H](CC(=O)NCCCN4CCOCC4)CC[C@H]32)c1. The normalized spacial score (nSPS) is 26.9. The van der Waals surface area contributed by atoms with Crippen molar-refractivity contribution in [2.24, 2.45) is 0 Å². The van der Waals surface area contributed by atoms with E-state index in [0.29, 0.717) is 30.8 Å². The molecule has 3 aliphatic heterocycles. The molecule has 0 aromatic heterocycles. The second kappa shape index (κ2) is 13.9. The molecule has 3 saturated heterocycles. The van der Waals surface area contributed by atoms with Crippen molar-refractivity contribution in [3.05, 3.63) is 24.3 Å². The first-order chi connectivity index (χ1) is 18.0. The molecule has 0 saturated carbocycles. The Balaban J connectivity index is 1.27. The summed E-state index contributed by atoms with van der Waals surface area (Å²) in [4.78, 5) is 29.8. The summed E-state index contributed by atoms with van der Waals surface area (Å²) in [7, 11) is 1.57. The molecule has 206 valence electrons. The van der Waals surface area contributed by atoms with Gasteiger partial charge in [0.05, 0.1) is 64.8 Å². The fraction of sp³-hybridized carbons (Fsp3) is 0.692. The van der Waals surface area contributed by atoms with Gasteiger partial charge in [-0.15, -0.1) is 0 Å². The molecule has 37 heavy (non-hydrogen) atoms. The van der Waals surface area contributed by atoms with Crippen LogP contribution in [0.3, 0.4) is 0 Å². The highest BCUT2D eigenvalue weighted by Gasteiger charge is 2.40. The van der Waals surface area contributed by atoms with Crippen LogP contribution >= 0.6 is 0 Å². The van der Waals surface area contributed by atoms with E-state index in [2.05, 4.69) is 15.5 Å². The van der Waals surface area contributed by atoms with Gasteiger partial charge in [-0.2, -0.15) is 0 Å². The minimum absolute atomic E-state index is 0.0276. The van der Waals surface area contributed by atoms with Crippen LogP contribution in [0, 0.1) is 0 Å². The molecule has 4 rings (SSSR count). The van der Waals surface area contributed by atoms with Crippen molar-refractivity contribution in [2.75, 3.05) is 71.6 Å². The number of amides is 3. The average Bonchev–Trinajstić information content (AvgIpc) is 2.90. The fourth-order valence-corrected chi connectivity index (χ4v) is 5.10. The molecular weight excluding hydrogens is 480 g/mol. The maximum Gasteiger partial charge on any atom is 0.322 e. The highest BCUT2D eigenvalue weighted by atomic mass is 16.5. The van der Waals surface area contributed by atoms with E-state index in [1.165, 1.54) is 0 Å². The van der Waals surface area contributed by atoms with Gasteiger partial charge in [0.1, 0.15) is 11.9 Å². The van der Waals surface area contributed by atoms with Crippen molar-refractivity contribution >= 4 is 17.6 Å². The third-order valence-corrected chi connectivity index (χ3v) is 7.05. The number of β-amino-alcohol motifs (C(OH)–C–C–N with tert-alkyl or cyclic N) is 1. The highest BCUT2D eigenvalue weighted by Crippen LogP contribution is 2.28. The number of nitrogens with zero attached hydrogens (tertiary/aromatic N) is 2. The zero-order valence-electron chi connectivity index (χ0n) is 21.6. The number of urea groups is 1. The molecule has 3 fully saturated rings. The van der Waals surface area contributed by atoms with Crippen LogP contribution in [0.25, 0.3) is 0 Å². The van der Waals surface area contributed by atoms with Crippen LogP contribution in [-0.4, -0.2) is 117 Å². The van der Waals surface area contributed by atoms with E-state index in [-0.39, 0.29) is 56.4 Å². The van der Waals surface area contributed by atoms with Crippen LogP contribution in [0.2, 0.25) is 0 Å². The standard InChI is InChI=1S/C26H40N4O7/c1-34-21-5-2-4-19(14-21)28-26(33)30-16-20(31)17-36-18-24-23(30)7-6-22(37-24)15-25(32)27-8-3-9-29-10-12-35-13-11-29/h2,4-5,14,20,22-24,31H,3,6-13,15-18H2,1H3,(H,27,32)(H,28,33)/t20-,22+,23-,24+/m1/s1. The zero-order chi connectivity index (χ0) is 26.0. The van der Waals surface area contributed by atoms with E-state index in [4.69, 9.17) is 18.9 Å². The van der Waals surface area contributed by atoms with Gasteiger partial charge in [0.25, 0.3) is 0 Å². The lowest BCUT2D eigenvalue weighted by molar-refractivity contribution is -0.149. The molecule has 0 bridgehead atoms. The monoisotopic (exact) mass is 520 g/mol. The number of aliphatic hydroxyl groups is 1. The van der Waals surface area contributed by atoms with Crippen molar-refractivity contribution in [1.82, 2.24) is 15.1 Å². The van der Waals surface area contributed by atoms with Crippen LogP contribution in [-0.2, 0) is 19.0 Å². The number of carbonyl (C=O) groups is 2. The smallest absolute Gasteiger partial charge is 0.322 e. The van der Waals surface area contributed by atoms with E-state index in [1.807, 2.05) is 0 Å². The molecule has 1 aromatic carbocycles. The molecule has 0 spiro atoms. The van der Waals surface area contributed by atoms with Crippen molar-refractivity contribution in [3.8, 4) is 5.75 Å². The average molecular weight is 521 g/mol. The van der Waals surface area contributed by atoms with Crippen molar-refractivity contribution in [3.63, 3.8) is 0 Å².